The van der Waals surface area contributed by atoms with Gasteiger partial charge >= 0.3 is 5.97 Å². The summed E-state index contributed by atoms with van der Waals surface area (Å²) in [6.07, 6.45) is 9.73. The third-order valence-corrected chi connectivity index (χ3v) is 14.1. The van der Waals surface area contributed by atoms with Crippen LogP contribution in [0.25, 0.3) is 11.2 Å². The van der Waals surface area contributed by atoms with Gasteiger partial charge in [-0.25, -0.2) is 9.97 Å². The van der Waals surface area contributed by atoms with Crippen molar-refractivity contribution in [3.63, 3.8) is 0 Å². The van der Waals surface area contributed by atoms with Crippen molar-refractivity contribution in [3.8, 4) is 0 Å². The van der Waals surface area contributed by atoms with Crippen molar-refractivity contribution >= 4 is 34.5 Å². The summed E-state index contributed by atoms with van der Waals surface area (Å²) in [5, 5.41) is 0. The number of imidazole rings is 1. The molecule has 0 amide bonds. The Morgan fingerprint density at radius 2 is 1.75 bits per heavy atom. The highest BCUT2D eigenvalue weighted by Crippen LogP contribution is 2.45. The van der Waals surface area contributed by atoms with Gasteiger partial charge in [0.15, 0.2) is 11.9 Å². The van der Waals surface area contributed by atoms with Crippen molar-refractivity contribution in [1.82, 2.24) is 19.4 Å². The SMILES string of the molecule is C=C[C@@]1(OC(C)=O)C(CC)CCC(=O)C(C)C(=O)C(C)[C@@H](OC2OC(C)CC(N(C)C)[C@H]2C)C[C@@](C)(OC)C[C@@H](C)C(=O)[C@H](C)[C@H]1CCCCCn1cnc2cccnc21. The monoisotopic (exact) mass is 837 g/mol. The number of rotatable bonds is 13. The molecule has 3 heterocycles. The number of aryl methyl sites for hydroxylation is 1. The van der Waals surface area contributed by atoms with Gasteiger partial charge in [0.1, 0.15) is 28.5 Å². The number of methoxy groups -OCH3 is 1. The second-order valence-electron chi connectivity index (χ2n) is 18.7. The molecular weight excluding hydrogens is 761 g/mol. The van der Waals surface area contributed by atoms with Gasteiger partial charge in [0, 0.05) is 81.2 Å². The summed E-state index contributed by atoms with van der Waals surface area (Å²) in [5.74, 6) is -4.05. The number of nitrogens with zero attached hydrogens (tertiary/aromatic N) is 4. The van der Waals surface area contributed by atoms with E-state index in [1.165, 1.54) is 6.92 Å². The first-order chi connectivity index (χ1) is 28.3. The van der Waals surface area contributed by atoms with Crippen LogP contribution >= 0.6 is 0 Å². The molecule has 13 atom stereocenters. The number of carbonyl (C=O) groups excluding carboxylic acids is 4. The van der Waals surface area contributed by atoms with Crippen LogP contribution in [0.1, 0.15) is 127 Å². The molecule has 4 rings (SSSR count). The molecule has 0 radical (unpaired) electrons. The lowest BCUT2D eigenvalue weighted by atomic mass is 9.64. The van der Waals surface area contributed by atoms with E-state index >= 15 is 0 Å². The first-order valence-corrected chi connectivity index (χ1v) is 22.5. The van der Waals surface area contributed by atoms with Gasteiger partial charge in [0.2, 0.25) is 0 Å². The molecule has 12 nitrogen and oxygen atoms in total. The van der Waals surface area contributed by atoms with Crippen molar-refractivity contribution in [2.45, 2.75) is 169 Å². The van der Waals surface area contributed by atoms with Crippen LogP contribution in [0.3, 0.4) is 0 Å². The second-order valence-corrected chi connectivity index (χ2v) is 18.7. The van der Waals surface area contributed by atoms with E-state index in [1.54, 1.807) is 26.3 Å². The predicted octanol–water partition coefficient (Wildman–Crippen LogP) is 8.44. The Hall–Kier alpha value is -3.32. The number of Topliss-reactive ketones (excluding diaryl/α,β-unsaturated/α-hetero) is 3. The highest BCUT2D eigenvalue weighted by atomic mass is 16.7. The van der Waals surface area contributed by atoms with Crippen LogP contribution in [0.4, 0.5) is 0 Å². The lowest BCUT2D eigenvalue weighted by Crippen LogP contribution is -2.53. The van der Waals surface area contributed by atoms with E-state index in [9.17, 15) is 19.2 Å². The molecule has 12 heteroatoms. The summed E-state index contributed by atoms with van der Waals surface area (Å²) >= 11 is 0. The Balaban J connectivity index is 1.70. The molecule has 1 saturated carbocycles. The largest absolute Gasteiger partial charge is 0.454 e. The number of pyridine rings is 1. The molecule has 0 aromatic carbocycles. The van der Waals surface area contributed by atoms with E-state index in [2.05, 4.69) is 47.0 Å². The third-order valence-electron chi connectivity index (χ3n) is 14.1. The van der Waals surface area contributed by atoms with Crippen LogP contribution in [0.5, 0.6) is 0 Å². The minimum Gasteiger partial charge on any atom is -0.454 e. The molecule has 336 valence electrons. The second kappa shape index (κ2) is 21.7. The summed E-state index contributed by atoms with van der Waals surface area (Å²) < 4.78 is 28.0. The highest BCUT2D eigenvalue weighted by molar-refractivity contribution is 6.03. The number of unbranched alkanes of at least 4 members (excludes halogenated alkanes) is 2. The van der Waals surface area contributed by atoms with E-state index in [4.69, 9.17) is 18.9 Å². The fourth-order valence-electron chi connectivity index (χ4n) is 10.4. The molecule has 1 saturated heterocycles. The number of fused-ring (bicyclic) bond motifs is 1. The average molecular weight is 837 g/mol. The van der Waals surface area contributed by atoms with Crippen LogP contribution in [-0.2, 0) is 44.7 Å². The Morgan fingerprint density at radius 3 is 2.38 bits per heavy atom. The zero-order valence-electron chi connectivity index (χ0n) is 38.8. The molecule has 1 aliphatic heterocycles. The number of hydrogen-bond acceptors (Lipinski definition) is 11. The predicted molar refractivity (Wildman–Crippen MR) is 234 cm³/mol. The Bertz CT molecular complexity index is 1760. The summed E-state index contributed by atoms with van der Waals surface area (Å²) in [4.78, 5) is 67.6. The molecule has 0 N–H and O–H groups in total. The van der Waals surface area contributed by atoms with Gasteiger partial charge in [-0.2, -0.15) is 0 Å². The maximum atomic E-state index is 14.9. The Labute approximate surface area is 359 Å². The van der Waals surface area contributed by atoms with Crippen LogP contribution in [0.2, 0.25) is 0 Å². The molecule has 2 aliphatic rings. The van der Waals surface area contributed by atoms with E-state index in [1.807, 2.05) is 60.0 Å². The van der Waals surface area contributed by atoms with Crippen molar-refractivity contribution in [2.24, 2.45) is 41.4 Å². The van der Waals surface area contributed by atoms with Gasteiger partial charge in [0.05, 0.1) is 30.1 Å². The molecule has 6 unspecified atom stereocenters. The molecule has 0 bridgehead atoms. The molecule has 60 heavy (non-hydrogen) atoms. The van der Waals surface area contributed by atoms with Crippen molar-refractivity contribution in [1.29, 1.82) is 0 Å². The van der Waals surface area contributed by atoms with Gasteiger partial charge in [-0.3, -0.25) is 19.2 Å². The summed E-state index contributed by atoms with van der Waals surface area (Å²) in [6, 6.07) is 4.04. The van der Waals surface area contributed by atoms with Gasteiger partial charge in [-0.15, -0.1) is 0 Å². The minimum absolute atomic E-state index is 0.0149. The first-order valence-electron chi connectivity index (χ1n) is 22.5. The zero-order valence-corrected chi connectivity index (χ0v) is 38.8. The molecule has 2 aromatic rings. The Kier molecular flexibility index (Phi) is 17.8. The van der Waals surface area contributed by atoms with Crippen molar-refractivity contribution in [3.05, 3.63) is 37.3 Å². The average Bonchev–Trinajstić information content (AvgIpc) is 3.63. The number of carbonyl (C=O) groups is 4. The number of aromatic nitrogens is 3. The van der Waals surface area contributed by atoms with Gasteiger partial charge in [0.25, 0.3) is 0 Å². The van der Waals surface area contributed by atoms with Crippen LogP contribution < -0.4 is 0 Å². The van der Waals surface area contributed by atoms with Gasteiger partial charge < -0.3 is 28.4 Å². The smallest absolute Gasteiger partial charge is 0.303 e. The lowest BCUT2D eigenvalue weighted by Gasteiger charge is -2.46. The van der Waals surface area contributed by atoms with Crippen LogP contribution in [0.15, 0.2) is 37.3 Å². The van der Waals surface area contributed by atoms with Crippen LogP contribution in [0, 0.1) is 41.4 Å². The Morgan fingerprint density at radius 1 is 1.03 bits per heavy atom. The molecular formula is C48H76N4O8. The maximum absolute atomic E-state index is 14.9. The topological polar surface area (TPSA) is 139 Å². The van der Waals surface area contributed by atoms with E-state index in [-0.39, 0.29) is 47.8 Å². The minimum atomic E-state index is -1.22. The quantitative estimate of drug-likeness (QED) is 0.0832. The summed E-state index contributed by atoms with van der Waals surface area (Å²) in [6.45, 7) is 22.0. The summed E-state index contributed by atoms with van der Waals surface area (Å²) in [7, 11) is 5.76. The first kappa shape index (κ1) is 49.3. The van der Waals surface area contributed by atoms with Crippen molar-refractivity contribution in [2.75, 3.05) is 21.2 Å². The molecule has 1 aliphatic carbocycles. The van der Waals surface area contributed by atoms with Crippen LogP contribution in [-0.4, -0.2) is 99.7 Å². The standard InChI is InChI=1S/C48H76N4O8/c1-14-37-22-23-41(54)34(7)44(56)35(8)42(59-46-33(6)40(51(11)12)26-31(4)58-46)28-47(10,57-13)27-30(3)43(55)32(5)38(48(37,15-2)60-36(9)53)20-17-16-18-25-52-29-50-39-21-19-24-49-45(39)52/h15,19,21,24,29-35,37-38,40,42,46H,2,14,16-18,20,22-23,25-28H2,1,3-13H3/t30-,31?,32-,33-,34?,35?,37?,38-,40?,42+,46?,47+,48-/m1/s1. The fraction of sp³-hybridized carbons (Fsp3) is 0.750. The van der Waals surface area contributed by atoms with E-state index in [0.29, 0.717) is 32.1 Å². The molecule has 0 spiro atoms. The molecule has 2 fully saturated rings. The molecule has 2 aromatic heterocycles. The number of ketones is 3. The fourth-order valence-corrected chi connectivity index (χ4v) is 10.4. The maximum Gasteiger partial charge on any atom is 0.303 e. The van der Waals surface area contributed by atoms with E-state index < -0.39 is 59.2 Å². The number of ether oxygens (including phenoxy) is 4. The number of hydrogen-bond donors (Lipinski definition) is 0. The van der Waals surface area contributed by atoms with Crippen molar-refractivity contribution < 1.29 is 38.1 Å². The number of esters is 1. The highest BCUT2D eigenvalue weighted by Gasteiger charge is 2.50. The third kappa shape index (κ3) is 11.6. The van der Waals surface area contributed by atoms with Gasteiger partial charge in [-0.05, 0) is 91.6 Å². The van der Waals surface area contributed by atoms with Gasteiger partial charge in [-0.1, -0.05) is 54.0 Å². The van der Waals surface area contributed by atoms with E-state index in [0.717, 1.165) is 43.4 Å². The zero-order chi connectivity index (χ0) is 44.5. The normalized spacial score (nSPS) is 35.5. The lowest BCUT2D eigenvalue weighted by molar-refractivity contribution is -0.258. The summed E-state index contributed by atoms with van der Waals surface area (Å²) in [5.41, 5.74) is -0.394.